The fourth-order valence-electron chi connectivity index (χ4n) is 2.52. The fourth-order valence-corrected chi connectivity index (χ4v) is 2.52. The molecule has 0 spiro atoms. The van der Waals surface area contributed by atoms with Crippen LogP contribution in [0, 0.1) is 0 Å². The second-order valence-corrected chi connectivity index (χ2v) is 6.40. The zero-order valence-electron chi connectivity index (χ0n) is 13.0. The molecular weight excluding hydrogens is 248 g/mol. The van der Waals surface area contributed by atoms with Crippen LogP contribution in [0.2, 0.25) is 0 Å². The molecule has 1 heterocycles. The molecule has 0 saturated carbocycles. The van der Waals surface area contributed by atoms with Crippen molar-refractivity contribution < 1.29 is 0 Å². The predicted octanol–water partition coefficient (Wildman–Crippen LogP) is 3.28. The van der Waals surface area contributed by atoms with Gasteiger partial charge in [0.2, 0.25) is 0 Å². The van der Waals surface area contributed by atoms with Crippen molar-refractivity contribution in [1.29, 1.82) is 0 Å². The summed E-state index contributed by atoms with van der Waals surface area (Å²) in [6.07, 6.45) is 0. The van der Waals surface area contributed by atoms with Crippen LogP contribution in [0.4, 0.5) is 0 Å². The van der Waals surface area contributed by atoms with Gasteiger partial charge in [-0.25, -0.2) is 0 Å². The number of aromatic nitrogens is 3. The maximum Gasteiger partial charge on any atom is 0.164 e. The number of benzene rings is 1. The molecule has 2 rings (SSSR count). The third kappa shape index (κ3) is 2.61. The van der Waals surface area contributed by atoms with Crippen LogP contribution in [-0.4, -0.2) is 14.8 Å². The monoisotopic (exact) mass is 272 g/mol. The minimum atomic E-state index is 0.0627. The number of nitrogens with two attached hydrogens (primary N) is 1. The molecule has 108 valence electrons. The second-order valence-electron chi connectivity index (χ2n) is 6.40. The normalized spacial score (nSPS) is 12.2. The maximum atomic E-state index is 5.78. The van der Waals surface area contributed by atoms with Gasteiger partial charge in [0.15, 0.2) is 5.82 Å². The molecule has 0 unspecified atom stereocenters. The molecule has 0 fully saturated rings. The van der Waals surface area contributed by atoms with Crippen LogP contribution in [-0.2, 0) is 12.0 Å². The van der Waals surface area contributed by atoms with Gasteiger partial charge in [-0.15, -0.1) is 10.2 Å². The summed E-state index contributed by atoms with van der Waals surface area (Å²) in [5.41, 5.74) is 8.26. The Bertz CT molecular complexity index is 591. The topological polar surface area (TPSA) is 56.7 Å². The molecule has 4 heteroatoms. The van der Waals surface area contributed by atoms with Crippen LogP contribution in [0.25, 0.3) is 11.4 Å². The molecule has 0 aliphatic heterocycles. The molecule has 1 aromatic heterocycles. The third-order valence-electron chi connectivity index (χ3n) is 3.44. The van der Waals surface area contributed by atoms with Crippen LogP contribution >= 0.6 is 0 Å². The largest absolute Gasteiger partial charge is 0.324 e. The van der Waals surface area contributed by atoms with Crippen molar-refractivity contribution in [2.45, 2.75) is 52.6 Å². The van der Waals surface area contributed by atoms with Crippen LogP contribution in [0.15, 0.2) is 24.3 Å². The second kappa shape index (κ2) is 5.37. The lowest BCUT2D eigenvalue weighted by Gasteiger charge is -2.23. The standard InChI is InChI=1S/C16H24N4/c1-11(2)20-14(10-17)18-19-15(20)12-8-6-7-9-13(12)16(3,4)5/h6-9,11H,10,17H2,1-5H3. The van der Waals surface area contributed by atoms with Crippen LogP contribution in [0.5, 0.6) is 0 Å². The molecule has 0 aliphatic carbocycles. The maximum absolute atomic E-state index is 5.78. The van der Waals surface area contributed by atoms with Crippen molar-refractivity contribution in [3.05, 3.63) is 35.7 Å². The van der Waals surface area contributed by atoms with E-state index in [9.17, 15) is 0 Å². The summed E-state index contributed by atoms with van der Waals surface area (Å²) in [4.78, 5) is 0. The van der Waals surface area contributed by atoms with Gasteiger partial charge < -0.3 is 10.3 Å². The fraction of sp³-hybridized carbons (Fsp3) is 0.500. The first-order valence-electron chi connectivity index (χ1n) is 7.10. The Morgan fingerprint density at radius 2 is 1.80 bits per heavy atom. The van der Waals surface area contributed by atoms with Gasteiger partial charge in [-0.3, -0.25) is 0 Å². The summed E-state index contributed by atoms with van der Waals surface area (Å²) >= 11 is 0. The number of hydrogen-bond acceptors (Lipinski definition) is 3. The van der Waals surface area contributed by atoms with Crippen molar-refractivity contribution in [1.82, 2.24) is 14.8 Å². The van der Waals surface area contributed by atoms with E-state index in [1.807, 2.05) is 6.07 Å². The Morgan fingerprint density at radius 3 is 2.35 bits per heavy atom. The minimum absolute atomic E-state index is 0.0627. The van der Waals surface area contributed by atoms with Gasteiger partial charge in [-0.2, -0.15) is 0 Å². The minimum Gasteiger partial charge on any atom is -0.324 e. The van der Waals surface area contributed by atoms with E-state index in [-0.39, 0.29) is 11.5 Å². The lowest BCUT2D eigenvalue weighted by atomic mass is 9.83. The first kappa shape index (κ1) is 14.7. The highest BCUT2D eigenvalue weighted by molar-refractivity contribution is 5.62. The average molecular weight is 272 g/mol. The molecule has 2 aromatic rings. The van der Waals surface area contributed by atoms with E-state index in [2.05, 4.69) is 67.6 Å². The van der Waals surface area contributed by atoms with Gasteiger partial charge in [-0.05, 0) is 24.8 Å². The van der Waals surface area contributed by atoms with E-state index in [4.69, 9.17) is 5.73 Å². The lowest BCUT2D eigenvalue weighted by Crippen LogP contribution is -2.15. The number of rotatable bonds is 3. The van der Waals surface area contributed by atoms with Crippen molar-refractivity contribution >= 4 is 0 Å². The summed E-state index contributed by atoms with van der Waals surface area (Å²) in [6.45, 7) is 11.3. The molecule has 0 saturated heterocycles. The van der Waals surface area contributed by atoms with Crippen molar-refractivity contribution in [2.24, 2.45) is 5.73 Å². The molecular formula is C16H24N4. The van der Waals surface area contributed by atoms with Gasteiger partial charge in [0.25, 0.3) is 0 Å². The SMILES string of the molecule is CC(C)n1c(CN)nnc1-c1ccccc1C(C)(C)C. The number of hydrogen-bond donors (Lipinski definition) is 1. The Kier molecular flexibility index (Phi) is 3.95. The quantitative estimate of drug-likeness (QED) is 0.932. The zero-order chi connectivity index (χ0) is 14.9. The highest BCUT2D eigenvalue weighted by Gasteiger charge is 2.23. The molecule has 0 radical (unpaired) electrons. The Hall–Kier alpha value is -1.68. The van der Waals surface area contributed by atoms with Gasteiger partial charge in [0.1, 0.15) is 5.82 Å². The molecule has 1 aromatic carbocycles. The van der Waals surface area contributed by atoms with Crippen LogP contribution < -0.4 is 5.73 Å². The van der Waals surface area contributed by atoms with Crippen molar-refractivity contribution in [3.8, 4) is 11.4 Å². The molecule has 0 amide bonds. The van der Waals surface area contributed by atoms with Crippen LogP contribution in [0.1, 0.15) is 52.0 Å². The Balaban J connectivity index is 2.67. The summed E-state index contributed by atoms with van der Waals surface area (Å²) in [7, 11) is 0. The molecule has 0 aliphatic rings. The van der Waals surface area contributed by atoms with E-state index >= 15 is 0 Å². The lowest BCUT2D eigenvalue weighted by molar-refractivity contribution is 0.567. The Morgan fingerprint density at radius 1 is 1.15 bits per heavy atom. The predicted molar refractivity (Wildman–Crippen MR) is 82.4 cm³/mol. The summed E-state index contributed by atoms with van der Waals surface area (Å²) in [5.74, 6) is 1.74. The zero-order valence-corrected chi connectivity index (χ0v) is 13.0. The number of nitrogens with zero attached hydrogens (tertiary/aromatic N) is 3. The van der Waals surface area contributed by atoms with E-state index in [1.54, 1.807) is 0 Å². The third-order valence-corrected chi connectivity index (χ3v) is 3.44. The average Bonchev–Trinajstić information content (AvgIpc) is 2.81. The smallest absolute Gasteiger partial charge is 0.164 e. The summed E-state index contributed by atoms with van der Waals surface area (Å²) < 4.78 is 2.13. The highest BCUT2D eigenvalue weighted by atomic mass is 15.3. The van der Waals surface area contributed by atoms with Crippen molar-refractivity contribution in [2.75, 3.05) is 0 Å². The van der Waals surface area contributed by atoms with E-state index in [1.165, 1.54) is 5.56 Å². The summed E-state index contributed by atoms with van der Waals surface area (Å²) in [6, 6.07) is 8.68. The molecule has 0 atom stereocenters. The van der Waals surface area contributed by atoms with Gasteiger partial charge in [0, 0.05) is 11.6 Å². The van der Waals surface area contributed by atoms with E-state index < -0.39 is 0 Å². The molecule has 20 heavy (non-hydrogen) atoms. The Labute approximate surface area is 121 Å². The van der Waals surface area contributed by atoms with Gasteiger partial charge in [-0.1, -0.05) is 45.0 Å². The van der Waals surface area contributed by atoms with Crippen molar-refractivity contribution in [3.63, 3.8) is 0 Å². The first-order valence-corrected chi connectivity index (χ1v) is 7.10. The van der Waals surface area contributed by atoms with E-state index in [0.717, 1.165) is 17.2 Å². The van der Waals surface area contributed by atoms with E-state index in [0.29, 0.717) is 6.54 Å². The van der Waals surface area contributed by atoms with Gasteiger partial charge >= 0.3 is 0 Å². The van der Waals surface area contributed by atoms with Crippen LogP contribution in [0.3, 0.4) is 0 Å². The molecule has 2 N–H and O–H groups in total. The summed E-state index contributed by atoms with van der Waals surface area (Å²) in [5, 5.41) is 8.63. The molecule has 4 nitrogen and oxygen atoms in total. The first-order chi connectivity index (χ1) is 9.36. The highest BCUT2D eigenvalue weighted by Crippen LogP contribution is 2.33. The molecule has 0 bridgehead atoms. The van der Waals surface area contributed by atoms with Gasteiger partial charge in [0.05, 0.1) is 6.54 Å².